The second kappa shape index (κ2) is 10.4. The van der Waals surface area contributed by atoms with Gasteiger partial charge in [-0.05, 0) is 44.3 Å². The molecule has 1 atom stereocenters. The first-order valence-corrected chi connectivity index (χ1v) is 9.88. The quantitative estimate of drug-likeness (QED) is 0.598. The Bertz CT molecular complexity index is 895. The van der Waals surface area contributed by atoms with Gasteiger partial charge in [-0.2, -0.15) is 0 Å². The van der Waals surface area contributed by atoms with Crippen LogP contribution in [-0.2, 0) is 13.0 Å². The molecule has 0 aliphatic heterocycles. The molecule has 0 saturated heterocycles. The molecule has 1 N–H and O–H groups in total. The third-order valence-corrected chi connectivity index (χ3v) is 4.94. The van der Waals surface area contributed by atoms with E-state index in [9.17, 15) is 4.79 Å². The number of hydrogen-bond donors (Lipinski definition) is 1. The van der Waals surface area contributed by atoms with Crippen LogP contribution in [0.3, 0.4) is 0 Å². The van der Waals surface area contributed by atoms with E-state index in [0.717, 1.165) is 17.7 Å². The molecular weight excluding hydrogens is 360 g/mol. The predicted molar refractivity (Wildman–Crippen MR) is 117 cm³/mol. The molecule has 0 saturated carbocycles. The van der Waals surface area contributed by atoms with E-state index < -0.39 is 0 Å². The Morgan fingerprint density at radius 1 is 0.897 bits per heavy atom. The van der Waals surface area contributed by atoms with Gasteiger partial charge in [-0.25, -0.2) is 0 Å². The normalized spacial score (nSPS) is 11.8. The SMILES string of the molecule is CN(C)C(CNC(=O)c1ccccc1COc1ccccc1)Cc1ccccc1. The lowest BCUT2D eigenvalue weighted by Crippen LogP contribution is -2.41. The molecule has 0 radical (unpaired) electrons. The topological polar surface area (TPSA) is 41.6 Å². The summed E-state index contributed by atoms with van der Waals surface area (Å²) in [4.78, 5) is 15.0. The van der Waals surface area contributed by atoms with Crippen LogP contribution in [0.25, 0.3) is 0 Å². The van der Waals surface area contributed by atoms with E-state index >= 15 is 0 Å². The number of benzene rings is 3. The largest absolute Gasteiger partial charge is 0.489 e. The van der Waals surface area contributed by atoms with Crippen molar-refractivity contribution in [3.63, 3.8) is 0 Å². The number of para-hydroxylation sites is 1. The standard InChI is InChI=1S/C25H28N2O2/c1-27(2)22(17-20-11-5-3-6-12-20)18-26-25(28)24-16-10-9-13-21(24)19-29-23-14-7-4-8-15-23/h3-16,22H,17-19H2,1-2H3,(H,26,28). The van der Waals surface area contributed by atoms with E-state index in [1.165, 1.54) is 5.56 Å². The summed E-state index contributed by atoms with van der Waals surface area (Å²) in [6.07, 6.45) is 0.882. The summed E-state index contributed by atoms with van der Waals surface area (Å²) < 4.78 is 5.84. The Balaban J connectivity index is 1.62. The van der Waals surface area contributed by atoms with Crippen LogP contribution in [0.1, 0.15) is 21.5 Å². The third kappa shape index (κ3) is 6.19. The summed E-state index contributed by atoms with van der Waals surface area (Å²) >= 11 is 0. The van der Waals surface area contributed by atoms with Crippen molar-refractivity contribution in [2.75, 3.05) is 20.6 Å². The van der Waals surface area contributed by atoms with Gasteiger partial charge in [0, 0.05) is 23.7 Å². The van der Waals surface area contributed by atoms with Crippen molar-refractivity contribution in [1.29, 1.82) is 0 Å². The summed E-state index contributed by atoms with van der Waals surface area (Å²) in [5.74, 6) is 0.718. The average Bonchev–Trinajstić information content (AvgIpc) is 2.76. The van der Waals surface area contributed by atoms with Crippen molar-refractivity contribution in [3.8, 4) is 5.75 Å². The number of likely N-dealkylation sites (N-methyl/N-ethyl adjacent to an activating group) is 1. The molecule has 3 aromatic carbocycles. The van der Waals surface area contributed by atoms with Crippen molar-refractivity contribution in [2.24, 2.45) is 0 Å². The highest BCUT2D eigenvalue weighted by atomic mass is 16.5. The molecule has 0 aliphatic rings. The highest BCUT2D eigenvalue weighted by Gasteiger charge is 2.16. The Morgan fingerprint density at radius 3 is 2.21 bits per heavy atom. The van der Waals surface area contributed by atoms with Gasteiger partial charge in [0.1, 0.15) is 12.4 Å². The molecule has 4 heteroatoms. The van der Waals surface area contributed by atoms with Crippen LogP contribution in [0, 0.1) is 0 Å². The van der Waals surface area contributed by atoms with E-state index in [1.807, 2.05) is 86.9 Å². The molecule has 150 valence electrons. The van der Waals surface area contributed by atoms with Gasteiger partial charge in [0.15, 0.2) is 0 Å². The van der Waals surface area contributed by atoms with Gasteiger partial charge >= 0.3 is 0 Å². The third-order valence-electron chi connectivity index (χ3n) is 4.94. The number of carbonyl (C=O) groups is 1. The van der Waals surface area contributed by atoms with E-state index in [0.29, 0.717) is 18.7 Å². The van der Waals surface area contributed by atoms with Crippen molar-refractivity contribution in [2.45, 2.75) is 19.1 Å². The summed E-state index contributed by atoms with van der Waals surface area (Å²) in [6, 6.07) is 27.8. The zero-order valence-electron chi connectivity index (χ0n) is 17.0. The summed E-state index contributed by atoms with van der Waals surface area (Å²) in [5.41, 5.74) is 2.79. The zero-order chi connectivity index (χ0) is 20.5. The summed E-state index contributed by atoms with van der Waals surface area (Å²) in [5, 5.41) is 3.10. The van der Waals surface area contributed by atoms with E-state index in [4.69, 9.17) is 4.74 Å². The van der Waals surface area contributed by atoms with Gasteiger partial charge in [0.05, 0.1) is 0 Å². The van der Waals surface area contributed by atoms with Gasteiger partial charge in [-0.3, -0.25) is 4.79 Å². The van der Waals surface area contributed by atoms with Crippen LogP contribution < -0.4 is 10.1 Å². The first kappa shape index (κ1) is 20.6. The molecular formula is C25H28N2O2. The zero-order valence-corrected chi connectivity index (χ0v) is 17.0. The average molecular weight is 389 g/mol. The fraction of sp³-hybridized carbons (Fsp3) is 0.240. The molecule has 29 heavy (non-hydrogen) atoms. The lowest BCUT2D eigenvalue weighted by molar-refractivity contribution is 0.0939. The maximum absolute atomic E-state index is 12.9. The van der Waals surface area contributed by atoms with Crippen molar-refractivity contribution < 1.29 is 9.53 Å². The van der Waals surface area contributed by atoms with Crippen LogP contribution in [0.15, 0.2) is 84.9 Å². The van der Waals surface area contributed by atoms with Crippen molar-refractivity contribution in [1.82, 2.24) is 10.2 Å². The second-order valence-electron chi connectivity index (χ2n) is 7.28. The van der Waals surface area contributed by atoms with E-state index in [2.05, 4.69) is 22.3 Å². The number of nitrogens with one attached hydrogen (secondary N) is 1. The van der Waals surface area contributed by atoms with Crippen LogP contribution in [-0.4, -0.2) is 37.5 Å². The maximum Gasteiger partial charge on any atom is 0.251 e. The smallest absolute Gasteiger partial charge is 0.251 e. The lowest BCUT2D eigenvalue weighted by atomic mass is 10.0. The summed E-state index contributed by atoms with van der Waals surface area (Å²) in [6.45, 7) is 0.934. The molecule has 0 spiro atoms. The molecule has 0 aliphatic carbocycles. The monoisotopic (exact) mass is 388 g/mol. The molecule has 3 aromatic rings. The number of hydrogen-bond acceptors (Lipinski definition) is 3. The second-order valence-corrected chi connectivity index (χ2v) is 7.28. The lowest BCUT2D eigenvalue weighted by Gasteiger charge is -2.25. The molecule has 0 heterocycles. The Morgan fingerprint density at radius 2 is 1.52 bits per heavy atom. The highest BCUT2D eigenvalue weighted by molar-refractivity contribution is 5.95. The van der Waals surface area contributed by atoms with Crippen LogP contribution in [0.5, 0.6) is 5.75 Å². The van der Waals surface area contributed by atoms with Crippen molar-refractivity contribution >= 4 is 5.91 Å². The first-order valence-electron chi connectivity index (χ1n) is 9.88. The van der Waals surface area contributed by atoms with Gasteiger partial charge in [-0.15, -0.1) is 0 Å². The number of carbonyl (C=O) groups excluding carboxylic acids is 1. The van der Waals surface area contributed by atoms with Crippen molar-refractivity contribution in [3.05, 3.63) is 102 Å². The fourth-order valence-electron chi connectivity index (χ4n) is 3.17. The van der Waals surface area contributed by atoms with E-state index in [1.54, 1.807) is 0 Å². The minimum Gasteiger partial charge on any atom is -0.489 e. The molecule has 3 rings (SSSR count). The molecule has 4 nitrogen and oxygen atoms in total. The number of rotatable bonds is 9. The van der Waals surface area contributed by atoms with Crippen LogP contribution in [0.4, 0.5) is 0 Å². The Hall–Kier alpha value is -3.11. The van der Waals surface area contributed by atoms with Gasteiger partial charge in [0.2, 0.25) is 0 Å². The van der Waals surface area contributed by atoms with E-state index in [-0.39, 0.29) is 11.9 Å². The predicted octanol–water partition coefficient (Wildman–Crippen LogP) is 4.17. The molecule has 1 amide bonds. The summed E-state index contributed by atoms with van der Waals surface area (Å²) in [7, 11) is 4.09. The first-order chi connectivity index (χ1) is 14.1. The Labute approximate surface area is 173 Å². The minimum atomic E-state index is -0.0721. The van der Waals surface area contributed by atoms with Crippen LogP contribution in [0.2, 0.25) is 0 Å². The highest BCUT2D eigenvalue weighted by Crippen LogP contribution is 2.15. The Kier molecular flexibility index (Phi) is 7.42. The molecule has 0 aromatic heterocycles. The maximum atomic E-state index is 12.9. The molecule has 0 bridgehead atoms. The number of ether oxygens (including phenoxy) is 1. The minimum absolute atomic E-state index is 0.0721. The van der Waals surface area contributed by atoms with Gasteiger partial charge in [0.25, 0.3) is 5.91 Å². The molecule has 1 unspecified atom stereocenters. The van der Waals surface area contributed by atoms with Gasteiger partial charge in [-0.1, -0.05) is 66.7 Å². The van der Waals surface area contributed by atoms with Gasteiger partial charge < -0.3 is 15.0 Å². The number of nitrogens with zero attached hydrogens (tertiary/aromatic N) is 1. The molecule has 0 fully saturated rings. The number of amides is 1. The fourth-order valence-corrected chi connectivity index (χ4v) is 3.17. The van der Waals surface area contributed by atoms with Crippen LogP contribution >= 0.6 is 0 Å².